The maximum Gasteiger partial charge on any atom is 0.218 e. The zero-order valence-electron chi connectivity index (χ0n) is 7.03. The van der Waals surface area contributed by atoms with Crippen LogP contribution in [0.2, 0.25) is 0 Å². The monoisotopic (exact) mass is 186 g/mol. The molecule has 0 aromatic carbocycles. The van der Waals surface area contributed by atoms with Crippen molar-refractivity contribution in [1.29, 1.82) is 0 Å². The van der Waals surface area contributed by atoms with Gasteiger partial charge in [-0.15, -0.1) is 0 Å². The zero-order chi connectivity index (χ0) is 8.73. The maximum absolute atomic E-state index is 10.1. The Balaban J connectivity index is -0.000000114. The van der Waals surface area contributed by atoms with Gasteiger partial charge in [-0.25, -0.2) is 4.21 Å². The summed E-state index contributed by atoms with van der Waals surface area (Å²) in [4.78, 5) is 11.6. The molecule has 1 unspecified atom stereocenters. The quantitative estimate of drug-likeness (QED) is 0.509. The number of nitrogens with zero attached hydrogens (tertiary/aromatic N) is 1. The number of amides is 1. The van der Waals surface area contributed by atoms with Crippen molar-refractivity contribution in [3.63, 3.8) is 0 Å². The van der Waals surface area contributed by atoms with Gasteiger partial charge in [-0.2, -0.15) is 0 Å². The van der Waals surface area contributed by atoms with Gasteiger partial charge in [-0.3, -0.25) is 4.79 Å². The molecule has 1 atom stereocenters. The molecule has 0 aromatic rings. The van der Waals surface area contributed by atoms with Crippen LogP contribution in [0.15, 0.2) is 0 Å². The van der Waals surface area contributed by atoms with Crippen molar-refractivity contribution in [1.82, 2.24) is 11.1 Å². The zero-order valence-corrected chi connectivity index (χ0v) is 7.84. The highest BCUT2D eigenvalue weighted by molar-refractivity contribution is 7.73. The Bertz CT molecular complexity index is 123. The lowest BCUT2D eigenvalue weighted by molar-refractivity contribution is -0.126. The van der Waals surface area contributed by atoms with Crippen LogP contribution in [0, 0.1) is 0 Å². The highest BCUT2D eigenvalue weighted by atomic mass is 32.2. The summed E-state index contributed by atoms with van der Waals surface area (Å²) < 4.78 is 24.1. The van der Waals surface area contributed by atoms with E-state index in [2.05, 4.69) is 0 Å². The Hall–Kier alpha value is -0.500. The van der Waals surface area contributed by atoms with E-state index in [9.17, 15) is 4.79 Å². The van der Waals surface area contributed by atoms with Crippen molar-refractivity contribution in [3.05, 3.63) is 0 Å². The number of quaternary nitrogens is 1. The third-order valence-corrected chi connectivity index (χ3v) is 0.630. The molecule has 0 aromatic heterocycles. The van der Waals surface area contributed by atoms with E-state index in [1.54, 1.807) is 14.1 Å². The molecule has 0 aliphatic rings. The summed E-state index contributed by atoms with van der Waals surface area (Å²) in [6, 6.07) is 0. The van der Waals surface area contributed by atoms with E-state index in [4.69, 9.17) is 13.3 Å². The molecular weight excluding hydrogens is 172 g/mol. The molecule has 11 heavy (non-hydrogen) atoms. The molecule has 0 heterocycles. The van der Waals surface area contributed by atoms with Crippen LogP contribution in [0.25, 0.3) is 0 Å². The lowest BCUT2D eigenvalue weighted by Crippen LogP contribution is -2.17. The molecule has 0 bridgehead atoms. The number of rotatable bonds is 0. The van der Waals surface area contributed by atoms with Crippen molar-refractivity contribution in [3.8, 4) is 0 Å². The lowest BCUT2D eigenvalue weighted by Gasteiger charge is -2.02. The van der Waals surface area contributed by atoms with Crippen LogP contribution in [0.4, 0.5) is 0 Å². The number of hydrogen-bond acceptors (Lipinski definition) is 3. The minimum atomic E-state index is -2.86. The summed E-state index contributed by atoms with van der Waals surface area (Å²) in [6.07, 6.45) is 0. The molecule has 6 nitrogen and oxygen atoms in total. The second kappa shape index (κ2) is 9.50. The first-order valence-corrected chi connectivity index (χ1v) is 3.37. The van der Waals surface area contributed by atoms with Crippen LogP contribution in [0.1, 0.15) is 6.92 Å². The van der Waals surface area contributed by atoms with E-state index < -0.39 is 11.4 Å². The highest BCUT2D eigenvalue weighted by Gasteiger charge is 1.87. The van der Waals surface area contributed by atoms with Crippen molar-refractivity contribution in [2.45, 2.75) is 6.92 Å². The van der Waals surface area contributed by atoms with Gasteiger partial charge in [0.1, 0.15) is 0 Å². The Morgan fingerprint density at radius 2 is 1.64 bits per heavy atom. The van der Waals surface area contributed by atoms with Crippen molar-refractivity contribution < 1.29 is 18.1 Å². The van der Waals surface area contributed by atoms with E-state index >= 15 is 0 Å². The molecule has 0 rings (SSSR count). The first-order valence-electron chi connectivity index (χ1n) is 2.34. The summed E-state index contributed by atoms with van der Waals surface area (Å²) in [5.41, 5.74) is 0. The highest BCUT2D eigenvalue weighted by Crippen LogP contribution is 1.69. The lowest BCUT2D eigenvalue weighted by atomic mass is 10.7. The van der Waals surface area contributed by atoms with Gasteiger partial charge in [0.2, 0.25) is 5.91 Å². The van der Waals surface area contributed by atoms with Crippen molar-refractivity contribution in [2.24, 2.45) is 0 Å². The molecule has 5 N–H and O–H groups in total. The van der Waals surface area contributed by atoms with Gasteiger partial charge in [-0.1, -0.05) is 0 Å². The average molecular weight is 186 g/mol. The summed E-state index contributed by atoms with van der Waals surface area (Å²) in [7, 11) is 3.45. The number of hydrogen-bond donors (Lipinski definition) is 2. The van der Waals surface area contributed by atoms with E-state index in [1.165, 1.54) is 11.8 Å². The molecule has 0 saturated heterocycles. The first kappa shape index (κ1) is 16.8. The summed E-state index contributed by atoms with van der Waals surface area (Å²) >= 11 is -2.86. The minimum Gasteiger partial charge on any atom is -0.750 e. The molecular formula is C4H14N2O4S. The summed E-state index contributed by atoms with van der Waals surface area (Å²) in [5, 5.41) is 0. The predicted octanol–water partition coefficient (Wildman–Crippen LogP) is -0.191. The fourth-order valence-electron chi connectivity index (χ4n) is 0. The van der Waals surface area contributed by atoms with Gasteiger partial charge < -0.3 is 20.2 Å². The first-order chi connectivity index (χ1) is 4.37. The Kier molecular flexibility index (Phi) is 14.5. The molecule has 0 saturated carbocycles. The molecule has 1 amide bonds. The molecule has 0 radical (unpaired) electrons. The largest absolute Gasteiger partial charge is 0.750 e. The molecule has 0 fully saturated rings. The second-order valence-corrected chi connectivity index (χ2v) is 2.06. The maximum atomic E-state index is 10.1. The van der Waals surface area contributed by atoms with Gasteiger partial charge in [0.25, 0.3) is 0 Å². The fraction of sp³-hybridized carbons (Fsp3) is 0.750. The Morgan fingerprint density at radius 1 is 1.55 bits per heavy atom. The van der Waals surface area contributed by atoms with Crippen LogP contribution in [0.3, 0.4) is 0 Å². The van der Waals surface area contributed by atoms with Crippen LogP contribution in [-0.4, -0.2) is 38.2 Å². The van der Waals surface area contributed by atoms with Crippen molar-refractivity contribution >= 4 is 17.3 Å². The van der Waals surface area contributed by atoms with Gasteiger partial charge in [0, 0.05) is 21.0 Å². The SMILES string of the molecule is CC(=O)N(C)C.O=S([O-])O.[NH4+]. The third-order valence-electron chi connectivity index (χ3n) is 0.630. The smallest absolute Gasteiger partial charge is 0.218 e. The standard InChI is InChI=1S/C4H9NO.H3N.H2O3S/c1-4(6)5(2)3;;1-4(2)3/h1-3H3;1H3;(H2,1,2,3). The number of carbonyl (C=O) groups is 1. The van der Waals surface area contributed by atoms with Crippen LogP contribution in [-0.2, 0) is 16.2 Å². The van der Waals surface area contributed by atoms with E-state index in [1.807, 2.05) is 0 Å². The van der Waals surface area contributed by atoms with E-state index in [0.29, 0.717) is 0 Å². The van der Waals surface area contributed by atoms with Gasteiger partial charge in [0.15, 0.2) is 0 Å². The van der Waals surface area contributed by atoms with Gasteiger partial charge >= 0.3 is 0 Å². The predicted molar refractivity (Wildman–Crippen MR) is 41.9 cm³/mol. The summed E-state index contributed by atoms with van der Waals surface area (Å²) in [6.45, 7) is 1.53. The number of carbonyl (C=O) groups excluding carboxylic acids is 1. The Labute approximate surface area is 68.3 Å². The van der Waals surface area contributed by atoms with Gasteiger partial charge in [0.05, 0.1) is 11.4 Å². The van der Waals surface area contributed by atoms with Crippen LogP contribution < -0.4 is 6.15 Å². The average Bonchev–Trinajstić information content (AvgIpc) is 1.63. The molecule has 0 aliphatic heterocycles. The van der Waals surface area contributed by atoms with Crippen molar-refractivity contribution in [2.75, 3.05) is 14.1 Å². The second-order valence-electron chi connectivity index (χ2n) is 1.63. The Morgan fingerprint density at radius 3 is 1.64 bits per heavy atom. The minimum absolute atomic E-state index is 0. The molecule has 0 spiro atoms. The molecule has 0 aliphatic carbocycles. The third kappa shape index (κ3) is 43.6. The normalized spacial score (nSPS) is 9.91. The summed E-state index contributed by atoms with van der Waals surface area (Å²) in [5.74, 6) is 0.0926. The van der Waals surface area contributed by atoms with E-state index in [-0.39, 0.29) is 12.1 Å². The fourth-order valence-corrected chi connectivity index (χ4v) is 0. The van der Waals surface area contributed by atoms with Gasteiger partial charge in [-0.05, 0) is 0 Å². The van der Waals surface area contributed by atoms with Crippen LogP contribution in [0.5, 0.6) is 0 Å². The molecule has 70 valence electrons. The topological polar surface area (TPSA) is 117 Å². The van der Waals surface area contributed by atoms with E-state index in [0.717, 1.165) is 0 Å². The van der Waals surface area contributed by atoms with Crippen LogP contribution >= 0.6 is 0 Å². The molecule has 7 heteroatoms.